The molecule has 0 aromatic carbocycles. The lowest BCUT2D eigenvalue weighted by molar-refractivity contribution is 0.578. The van der Waals surface area contributed by atoms with Crippen molar-refractivity contribution < 1.29 is 0 Å². The van der Waals surface area contributed by atoms with Gasteiger partial charge in [-0.05, 0) is 38.1 Å². The molecule has 0 saturated heterocycles. The zero-order chi connectivity index (χ0) is 13.1. The molecular weight excluding hydrogens is 242 g/mol. The molecule has 2 heterocycles. The molecule has 0 saturated carbocycles. The number of aryl methyl sites for hydroxylation is 3. The average molecular weight is 263 g/mol. The second-order valence-corrected chi connectivity index (χ2v) is 5.80. The Bertz CT molecular complexity index is 513. The lowest BCUT2D eigenvalue weighted by atomic mass is 10.1. The van der Waals surface area contributed by atoms with Crippen LogP contribution in [0.2, 0.25) is 0 Å². The van der Waals surface area contributed by atoms with Crippen molar-refractivity contribution in [3.8, 4) is 0 Å². The van der Waals surface area contributed by atoms with Gasteiger partial charge in [-0.1, -0.05) is 13.8 Å². The number of nitrogens with zero attached hydrogens (tertiary/aromatic N) is 2. The van der Waals surface area contributed by atoms with Gasteiger partial charge in [-0.25, -0.2) is 0 Å². The van der Waals surface area contributed by atoms with Crippen LogP contribution in [0.1, 0.15) is 41.0 Å². The molecule has 2 rings (SSSR count). The van der Waals surface area contributed by atoms with Gasteiger partial charge in [-0.2, -0.15) is 5.10 Å². The molecule has 18 heavy (non-hydrogen) atoms. The van der Waals surface area contributed by atoms with Crippen LogP contribution in [0.3, 0.4) is 0 Å². The largest absolute Gasteiger partial charge is 0.305 e. The molecule has 0 spiro atoms. The number of hydrogen-bond donors (Lipinski definition) is 1. The first-order valence-electron chi connectivity index (χ1n) is 6.48. The quantitative estimate of drug-likeness (QED) is 0.898. The third kappa shape index (κ3) is 2.65. The van der Waals surface area contributed by atoms with E-state index in [-0.39, 0.29) is 6.04 Å². The SMILES string of the molecule is CCNC(c1ccc(C)s1)c1cc(CC)nn1C. The molecule has 0 radical (unpaired) electrons. The summed E-state index contributed by atoms with van der Waals surface area (Å²) in [6.45, 7) is 7.39. The molecule has 0 aliphatic carbocycles. The monoisotopic (exact) mass is 263 g/mol. The van der Waals surface area contributed by atoms with Crippen LogP contribution in [0.15, 0.2) is 18.2 Å². The van der Waals surface area contributed by atoms with Crippen molar-refractivity contribution in [3.05, 3.63) is 39.3 Å². The zero-order valence-corrected chi connectivity index (χ0v) is 12.3. The van der Waals surface area contributed by atoms with Gasteiger partial charge in [0.2, 0.25) is 0 Å². The summed E-state index contributed by atoms with van der Waals surface area (Å²) in [6, 6.07) is 6.86. The fraction of sp³-hybridized carbons (Fsp3) is 0.500. The standard InChI is InChI=1S/C14H21N3S/c1-5-11-9-12(17(4)16-11)14(15-6-2)13-8-7-10(3)18-13/h7-9,14-15H,5-6H2,1-4H3. The van der Waals surface area contributed by atoms with E-state index in [4.69, 9.17) is 0 Å². The Morgan fingerprint density at radius 3 is 2.67 bits per heavy atom. The number of nitrogens with one attached hydrogen (secondary N) is 1. The van der Waals surface area contributed by atoms with Crippen LogP contribution in [0.4, 0.5) is 0 Å². The number of hydrogen-bond acceptors (Lipinski definition) is 3. The minimum Gasteiger partial charge on any atom is -0.305 e. The molecule has 1 atom stereocenters. The molecule has 0 aliphatic heterocycles. The second kappa shape index (κ2) is 5.67. The third-order valence-electron chi connectivity index (χ3n) is 3.08. The van der Waals surface area contributed by atoms with E-state index >= 15 is 0 Å². The Balaban J connectivity index is 2.37. The first-order chi connectivity index (χ1) is 8.65. The summed E-state index contributed by atoms with van der Waals surface area (Å²) in [5, 5.41) is 8.10. The molecule has 2 aromatic rings. The maximum atomic E-state index is 4.55. The average Bonchev–Trinajstić information content (AvgIpc) is 2.93. The fourth-order valence-electron chi connectivity index (χ4n) is 2.15. The van der Waals surface area contributed by atoms with Crippen molar-refractivity contribution in [2.24, 2.45) is 7.05 Å². The third-order valence-corrected chi connectivity index (χ3v) is 4.14. The maximum absolute atomic E-state index is 4.55. The van der Waals surface area contributed by atoms with E-state index in [1.807, 2.05) is 23.1 Å². The molecule has 98 valence electrons. The predicted octanol–water partition coefficient (Wildman–Crippen LogP) is 3.05. The Kier molecular flexibility index (Phi) is 4.19. The van der Waals surface area contributed by atoms with Gasteiger partial charge in [0.25, 0.3) is 0 Å². The summed E-state index contributed by atoms with van der Waals surface area (Å²) in [7, 11) is 2.03. The van der Waals surface area contributed by atoms with Crippen LogP contribution in [-0.2, 0) is 13.5 Å². The van der Waals surface area contributed by atoms with Gasteiger partial charge in [0.05, 0.1) is 17.4 Å². The Hall–Kier alpha value is -1.13. The lowest BCUT2D eigenvalue weighted by Gasteiger charge is -2.16. The molecule has 2 aromatic heterocycles. The van der Waals surface area contributed by atoms with Crippen molar-refractivity contribution in [1.82, 2.24) is 15.1 Å². The summed E-state index contributed by atoms with van der Waals surface area (Å²) in [5.74, 6) is 0. The van der Waals surface area contributed by atoms with E-state index < -0.39 is 0 Å². The minimum absolute atomic E-state index is 0.256. The molecule has 1 unspecified atom stereocenters. The fourth-order valence-corrected chi connectivity index (χ4v) is 3.12. The molecule has 0 bridgehead atoms. The Morgan fingerprint density at radius 1 is 1.39 bits per heavy atom. The first-order valence-corrected chi connectivity index (χ1v) is 7.29. The van der Waals surface area contributed by atoms with Gasteiger partial charge in [-0.3, -0.25) is 4.68 Å². The summed E-state index contributed by atoms with van der Waals surface area (Å²) < 4.78 is 2.00. The summed E-state index contributed by atoms with van der Waals surface area (Å²) >= 11 is 1.85. The van der Waals surface area contributed by atoms with Gasteiger partial charge in [0.15, 0.2) is 0 Å². The van der Waals surface area contributed by atoms with Gasteiger partial charge < -0.3 is 5.32 Å². The van der Waals surface area contributed by atoms with Crippen LogP contribution < -0.4 is 5.32 Å². The van der Waals surface area contributed by atoms with Crippen molar-refractivity contribution >= 4 is 11.3 Å². The van der Waals surface area contributed by atoms with Crippen LogP contribution in [0.5, 0.6) is 0 Å². The van der Waals surface area contributed by atoms with Gasteiger partial charge in [0.1, 0.15) is 0 Å². The Morgan fingerprint density at radius 2 is 2.17 bits per heavy atom. The maximum Gasteiger partial charge on any atom is 0.0841 e. The molecular formula is C14H21N3S. The lowest BCUT2D eigenvalue weighted by Crippen LogP contribution is -2.23. The van der Waals surface area contributed by atoms with Crippen LogP contribution in [0.25, 0.3) is 0 Å². The number of rotatable bonds is 5. The highest BCUT2D eigenvalue weighted by Gasteiger charge is 2.19. The number of thiophene rings is 1. The normalized spacial score (nSPS) is 12.9. The van der Waals surface area contributed by atoms with Gasteiger partial charge in [-0.15, -0.1) is 11.3 Å². The van der Waals surface area contributed by atoms with Gasteiger partial charge >= 0.3 is 0 Å². The summed E-state index contributed by atoms with van der Waals surface area (Å²) in [4.78, 5) is 2.71. The smallest absolute Gasteiger partial charge is 0.0841 e. The van der Waals surface area contributed by atoms with Crippen LogP contribution in [0, 0.1) is 6.92 Å². The highest BCUT2D eigenvalue weighted by atomic mass is 32.1. The van der Waals surface area contributed by atoms with Crippen LogP contribution in [-0.4, -0.2) is 16.3 Å². The van der Waals surface area contributed by atoms with E-state index in [0.29, 0.717) is 0 Å². The van der Waals surface area contributed by atoms with Crippen molar-refractivity contribution in [1.29, 1.82) is 0 Å². The molecule has 3 nitrogen and oxygen atoms in total. The molecule has 0 amide bonds. The minimum atomic E-state index is 0.256. The second-order valence-electron chi connectivity index (χ2n) is 4.48. The van der Waals surface area contributed by atoms with Crippen molar-refractivity contribution in [3.63, 3.8) is 0 Å². The topological polar surface area (TPSA) is 29.9 Å². The molecule has 1 N–H and O–H groups in total. The van der Waals surface area contributed by atoms with Gasteiger partial charge in [0, 0.05) is 16.8 Å². The molecule has 0 fully saturated rings. The Labute approximate surface area is 113 Å². The first kappa shape index (κ1) is 13.3. The highest BCUT2D eigenvalue weighted by Crippen LogP contribution is 2.28. The van der Waals surface area contributed by atoms with E-state index in [2.05, 4.69) is 49.4 Å². The predicted molar refractivity (Wildman–Crippen MR) is 77.2 cm³/mol. The molecule has 4 heteroatoms. The number of aromatic nitrogens is 2. The zero-order valence-electron chi connectivity index (χ0n) is 11.5. The van der Waals surface area contributed by atoms with E-state index in [1.165, 1.54) is 15.4 Å². The van der Waals surface area contributed by atoms with E-state index in [0.717, 1.165) is 18.7 Å². The van der Waals surface area contributed by atoms with E-state index in [1.54, 1.807) is 0 Å². The van der Waals surface area contributed by atoms with Crippen molar-refractivity contribution in [2.75, 3.05) is 6.54 Å². The van der Waals surface area contributed by atoms with Crippen LogP contribution >= 0.6 is 11.3 Å². The van der Waals surface area contributed by atoms with Crippen molar-refractivity contribution in [2.45, 2.75) is 33.2 Å². The summed E-state index contributed by atoms with van der Waals surface area (Å²) in [6.07, 6.45) is 0.982. The van der Waals surface area contributed by atoms with E-state index in [9.17, 15) is 0 Å². The molecule has 0 aliphatic rings. The highest BCUT2D eigenvalue weighted by molar-refractivity contribution is 7.12. The summed E-state index contributed by atoms with van der Waals surface area (Å²) in [5.41, 5.74) is 2.40.